The van der Waals surface area contributed by atoms with Gasteiger partial charge in [0.05, 0.1) is 12.7 Å². The van der Waals surface area contributed by atoms with E-state index < -0.39 is 14.6 Å². The van der Waals surface area contributed by atoms with Crippen molar-refractivity contribution in [2.24, 2.45) is 0 Å². The SMILES string of the molecule is CC(C)(C)[Si](C)(C)O[C@@H]1CO[C@@H](O)C1. The standard InChI is InChI=1S/C10H22O3Si/c1-10(2,3)14(4,5)13-8-6-9(11)12-7-8/h8-9,11H,6-7H2,1-5H3/t8-,9+/m0/s1. The van der Waals surface area contributed by atoms with Crippen LogP contribution in [0.5, 0.6) is 0 Å². The maximum absolute atomic E-state index is 9.21. The molecule has 1 aliphatic rings. The van der Waals surface area contributed by atoms with Gasteiger partial charge in [0.15, 0.2) is 14.6 Å². The van der Waals surface area contributed by atoms with Crippen molar-refractivity contribution in [1.82, 2.24) is 0 Å². The third-order valence-electron chi connectivity index (χ3n) is 3.21. The molecule has 0 bridgehead atoms. The van der Waals surface area contributed by atoms with Crippen LogP contribution < -0.4 is 0 Å². The van der Waals surface area contributed by atoms with E-state index in [0.717, 1.165) is 0 Å². The molecule has 4 heteroatoms. The highest BCUT2D eigenvalue weighted by atomic mass is 28.4. The zero-order valence-electron chi connectivity index (χ0n) is 9.83. The van der Waals surface area contributed by atoms with Crippen molar-refractivity contribution in [2.45, 2.75) is 57.7 Å². The second kappa shape index (κ2) is 3.93. The normalized spacial score (nSPS) is 29.6. The van der Waals surface area contributed by atoms with Gasteiger partial charge >= 0.3 is 0 Å². The van der Waals surface area contributed by atoms with Gasteiger partial charge < -0.3 is 14.3 Å². The summed E-state index contributed by atoms with van der Waals surface area (Å²) < 4.78 is 11.2. The van der Waals surface area contributed by atoms with Gasteiger partial charge in [-0.05, 0) is 18.1 Å². The Morgan fingerprint density at radius 2 is 1.93 bits per heavy atom. The van der Waals surface area contributed by atoms with Gasteiger partial charge in [0.1, 0.15) is 0 Å². The zero-order valence-corrected chi connectivity index (χ0v) is 10.8. The van der Waals surface area contributed by atoms with Crippen molar-refractivity contribution < 1.29 is 14.3 Å². The average Bonchev–Trinajstić information content (AvgIpc) is 2.31. The number of hydrogen-bond donors (Lipinski definition) is 1. The van der Waals surface area contributed by atoms with Gasteiger partial charge in [-0.15, -0.1) is 0 Å². The molecule has 1 fully saturated rings. The number of rotatable bonds is 2. The average molecular weight is 218 g/mol. The predicted octanol–water partition coefficient (Wildman–Crippen LogP) is 2.12. The lowest BCUT2D eigenvalue weighted by atomic mass is 10.2. The minimum absolute atomic E-state index is 0.0888. The maximum atomic E-state index is 9.21. The number of aliphatic hydroxyl groups is 1. The second-order valence-corrected chi connectivity index (χ2v) is 10.3. The first-order valence-corrected chi connectivity index (χ1v) is 8.11. The summed E-state index contributed by atoms with van der Waals surface area (Å²) >= 11 is 0. The third kappa shape index (κ3) is 2.79. The van der Waals surface area contributed by atoms with Crippen LogP contribution in [-0.2, 0) is 9.16 Å². The van der Waals surface area contributed by atoms with Gasteiger partial charge in [-0.1, -0.05) is 20.8 Å². The van der Waals surface area contributed by atoms with Crippen LogP contribution >= 0.6 is 0 Å². The lowest BCUT2D eigenvalue weighted by Gasteiger charge is -2.38. The molecule has 0 aromatic rings. The van der Waals surface area contributed by atoms with E-state index in [-0.39, 0.29) is 11.1 Å². The molecule has 0 saturated carbocycles. The molecular weight excluding hydrogens is 196 g/mol. The third-order valence-corrected chi connectivity index (χ3v) is 7.74. The van der Waals surface area contributed by atoms with Crippen LogP contribution in [0, 0.1) is 0 Å². The molecule has 1 saturated heterocycles. The molecule has 0 aliphatic carbocycles. The van der Waals surface area contributed by atoms with E-state index >= 15 is 0 Å². The summed E-state index contributed by atoms with van der Waals surface area (Å²) in [7, 11) is -1.69. The monoisotopic (exact) mass is 218 g/mol. The van der Waals surface area contributed by atoms with Crippen molar-refractivity contribution in [3.63, 3.8) is 0 Å². The van der Waals surface area contributed by atoms with Crippen molar-refractivity contribution in [3.8, 4) is 0 Å². The van der Waals surface area contributed by atoms with Gasteiger partial charge in [-0.3, -0.25) is 0 Å². The Hall–Kier alpha value is 0.0969. The van der Waals surface area contributed by atoms with Crippen LogP contribution in [0.25, 0.3) is 0 Å². The Bertz CT molecular complexity index is 198. The van der Waals surface area contributed by atoms with E-state index in [1.807, 2.05) is 0 Å². The van der Waals surface area contributed by atoms with Gasteiger partial charge in [0, 0.05) is 6.42 Å². The molecule has 0 unspecified atom stereocenters. The zero-order chi connectivity index (χ0) is 11.0. The molecule has 0 amide bonds. The molecule has 0 aromatic heterocycles. The van der Waals surface area contributed by atoms with Gasteiger partial charge in [0.25, 0.3) is 0 Å². The Labute approximate surface area is 87.5 Å². The second-order valence-electron chi connectivity index (χ2n) is 5.52. The van der Waals surface area contributed by atoms with E-state index in [0.29, 0.717) is 13.0 Å². The predicted molar refractivity (Wildman–Crippen MR) is 58.6 cm³/mol. The molecule has 1 heterocycles. The lowest BCUT2D eigenvalue weighted by molar-refractivity contribution is -0.0594. The van der Waals surface area contributed by atoms with E-state index in [1.54, 1.807) is 0 Å². The van der Waals surface area contributed by atoms with E-state index in [9.17, 15) is 5.11 Å². The Kier molecular flexibility index (Phi) is 3.41. The van der Waals surface area contributed by atoms with Crippen molar-refractivity contribution in [2.75, 3.05) is 6.61 Å². The molecule has 1 N–H and O–H groups in total. The maximum Gasteiger partial charge on any atom is 0.192 e. The summed E-state index contributed by atoms with van der Waals surface area (Å²) in [5, 5.41) is 9.44. The highest BCUT2D eigenvalue weighted by Crippen LogP contribution is 2.38. The first-order valence-electron chi connectivity index (χ1n) is 5.20. The summed E-state index contributed by atoms with van der Waals surface area (Å²) in [4.78, 5) is 0. The molecule has 3 nitrogen and oxygen atoms in total. The first-order chi connectivity index (χ1) is 6.22. The number of hydrogen-bond acceptors (Lipinski definition) is 3. The molecule has 1 rings (SSSR count). The quantitative estimate of drug-likeness (QED) is 0.722. The number of aliphatic hydroxyl groups excluding tert-OH is 1. The fourth-order valence-electron chi connectivity index (χ4n) is 1.25. The molecule has 0 aromatic carbocycles. The molecule has 14 heavy (non-hydrogen) atoms. The molecule has 0 radical (unpaired) electrons. The Morgan fingerprint density at radius 1 is 1.36 bits per heavy atom. The van der Waals surface area contributed by atoms with E-state index in [2.05, 4.69) is 33.9 Å². The van der Waals surface area contributed by atoms with Gasteiger partial charge in [-0.25, -0.2) is 0 Å². The van der Waals surface area contributed by atoms with Crippen LogP contribution in [0.4, 0.5) is 0 Å². The summed E-state index contributed by atoms with van der Waals surface area (Å²) in [6, 6.07) is 0. The molecule has 84 valence electrons. The van der Waals surface area contributed by atoms with Crippen LogP contribution in [0.1, 0.15) is 27.2 Å². The largest absolute Gasteiger partial charge is 0.411 e. The van der Waals surface area contributed by atoms with Crippen LogP contribution in [-0.4, -0.2) is 32.4 Å². The Morgan fingerprint density at radius 3 is 2.29 bits per heavy atom. The summed E-state index contributed by atoms with van der Waals surface area (Å²) in [5.74, 6) is 0. The minimum atomic E-state index is -1.69. The minimum Gasteiger partial charge on any atom is -0.411 e. The fourth-order valence-corrected chi connectivity index (χ4v) is 2.61. The van der Waals surface area contributed by atoms with Gasteiger partial charge in [0.2, 0.25) is 0 Å². The topological polar surface area (TPSA) is 38.7 Å². The van der Waals surface area contributed by atoms with E-state index in [1.165, 1.54) is 0 Å². The highest BCUT2D eigenvalue weighted by molar-refractivity contribution is 6.74. The van der Waals surface area contributed by atoms with Crippen LogP contribution in [0.3, 0.4) is 0 Å². The molecule has 1 aliphatic heterocycles. The molecular formula is C10H22O3Si. The summed E-state index contributed by atoms with van der Waals surface area (Å²) in [5.41, 5.74) is 0. The van der Waals surface area contributed by atoms with E-state index in [4.69, 9.17) is 9.16 Å². The smallest absolute Gasteiger partial charge is 0.192 e. The van der Waals surface area contributed by atoms with Crippen molar-refractivity contribution in [3.05, 3.63) is 0 Å². The lowest BCUT2D eigenvalue weighted by Crippen LogP contribution is -2.44. The highest BCUT2D eigenvalue weighted by Gasteiger charge is 2.40. The first kappa shape index (κ1) is 12.2. The van der Waals surface area contributed by atoms with Crippen LogP contribution in [0.2, 0.25) is 18.1 Å². The Balaban J connectivity index is 2.51. The fraction of sp³-hybridized carbons (Fsp3) is 1.00. The molecule has 0 spiro atoms. The van der Waals surface area contributed by atoms with Crippen LogP contribution in [0.15, 0.2) is 0 Å². The number of ether oxygens (including phenoxy) is 1. The summed E-state index contributed by atoms with van der Waals surface area (Å²) in [6.07, 6.45) is 0.0858. The van der Waals surface area contributed by atoms with Crippen molar-refractivity contribution in [1.29, 1.82) is 0 Å². The van der Waals surface area contributed by atoms with Crippen molar-refractivity contribution >= 4 is 8.32 Å². The molecule has 2 atom stereocenters. The summed E-state index contributed by atoms with van der Waals surface area (Å²) in [6.45, 7) is 11.6. The van der Waals surface area contributed by atoms with Gasteiger partial charge in [-0.2, -0.15) is 0 Å².